The number of thiophene rings is 1. The van der Waals surface area contributed by atoms with Crippen LogP contribution in [-0.4, -0.2) is 12.4 Å². The van der Waals surface area contributed by atoms with Crippen molar-refractivity contribution in [3.8, 4) is 0 Å². The number of hydrogen-bond donors (Lipinski definition) is 0. The van der Waals surface area contributed by atoms with Crippen molar-refractivity contribution in [2.75, 3.05) is 6.61 Å². The molecule has 1 heterocycles. The molecule has 0 saturated carbocycles. The summed E-state index contributed by atoms with van der Waals surface area (Å²) in [5, 5.41) is 0.687. The Morgan fingerprint density at radius 1 is 1.26 bits per heavy atom. The van der Waals surface area contributed by atoms with E-state index in [9.17, 15) is 4.79 Å². The number of rotatable bonds is 5. The summed E-state index contributed by atoms with van der Waals surface area (Å²) >= 11 is 14.0. The van der Waals surface area contributed by atoms with Gasteiger partial charge in [0.2, 0.25) is 0 Å². The number of benzene rings is 1. The zero-order chi connectivity index (χ0) is 13.8. The van der Waals surface area contributed by atoms with Gasteiger partial charge in [-0.1, -0.05) is 23.7 Å². The summed E-state index contributed by atoms with van der Waals surface area (Å²) in [6, 6.07) is 9.15. The highest BCUT2D eigenvalue weighted by atomic mass is 79.9. The Kier molecular flexibility index (Phi) is 5.59. The number of carbonyl (C=O) groups excluding carboxylic acids is 1. The molecule has 0 aliphatic carbocycles. The Hall–Kier alpha value is -0.200. The monoisotopic (exact) mass is 422 g/mol. The van der Waals surface area contributed by atoms with Crippen molar-refractivity contribution in [3.05, 3.63) is 54.1 Å². The highest BCUT2D eigenvalue weighted by molar-refractivity contribution is 9.12. The van der Waals surface area contributed by atoms with Crippen molar-refractivity contribution in [1.29, 1.82) is 0 Å². The normalized spacial score (nSPS) is 10.7. The lowest BCUT2D eigenvalue weighted by Gasteiger charge is -2.03. The largest absolute Gasteiger partial charge is 0.369 e. The standard InChI is InChI=1S/C13H9Br2ClO2S/c14-12-5-10(13(15)19-12)11(17)7-18-6-8-1-3-9(16)4-2-8/h1-5H,6-7H2. The van der Waals surface area contributed by atoms with E-state index in [2.05, 4.69) is 31.9 Å². The van der Waals surface area contributed by atoms with Gasteiger partial charge in [-0.05, 0) is 55.6 Å². The molecule has 0 aliphatic rings. The van der Waals surface area contributed by atoms with Gasteiger partial charge in [0.05, 0.1) is 14.2 Å². The Bertz CT molecular complexity index is 581. The van der Waals surface area contributed by atoms with Gasteiger partial charge in [-0.3, -0.25) is 4.79 Å². The van der Waals surface area contributed by atoms with Gasteiger partial charge in [-0.25, -0.2) is 0 Å². The summed E-state index contributed by atoms with van der Waals surface area (Å²) in [6.07, 6.45) is 0. The van der Waals surface area contributed by atoms with Crippen LogP contribution in [-0.2, 0) is 11.3 Å². The molecule has 6 heteroatoms. The molecule has 0 spiro atoms. The maximum atomic E-state index is 11.9. The second-order valence-corrected chi connectivity index (χ2v) is 7.97. The van der Waals surface area contributed by atoms with Gasteiger partial charge in [0.15, 0.2) is 5.78 Å². The van der Waals surface area contributed by atoms with E-state index in [-0.39, 0.29) is 12.4 Å². The second kappa shape index (κ2) is 6.99. The Balaban J connectivity index is 1.87. The summed E-state index contributed by atoms with van der Waals surface area (Å²) in [5.74, 6) is -0.0391. The Morgan fingerprint density at radius 2 is 1.95 bits per heavy atom. The number of ether oxygens (including phenoxy) is 1. The van der Waals surface area contributed by atoms with Crippen molar-refractivity contribution < 1.29 is 9.53 Å². The predicted molar refractivity (Wildman–Crippen MR) is 85.2 cm³/mol. The van der Waals surface area contributed by atoms with Gasteiger partial charge in [-0.15, -0.1) is 11.3 Å². The third kappa shape index (κ3) is 4.39. The maximum absolute atomic E-state index is 11.9. The molecule has 0 radical (unpaired) electrons. The average Bonchev–Trinajstić information content (AvgIpc) is 2.71. The summed E-state index contributed by atoms with van der Waals surface area (Å²) in [7, 11) is 0. The molecular weight excluding hydrogens is 415 g/mol. The molecule has 1 aromatic carbocycles. The van der Waals surface area contributed by atoms with Crippen LogP contribution in [0.5, 0.6) is 0 Å². The van der Waals surface area contributed by atoms with E-state index in [1.165, 1.54) is 11.3 Å². The quantitative estimate of drug-likeness (QED) is 0.607. The number of halogens is 3. The Morgan fingerprint density at radius 3 is 2.53 bits per heavy atom. The maximum Gasteiger partial charge on any atom is 0.190 e. The molecule has 0 amide bonds. The van der Waals surface area contributed by atoms with E-state index in [1.54, 1.807) is 18.2 Å². The molecule has 0 saturated heterocycles. The lowest BCUT2D eigenvalue weighted by atomic mass is 10.2. The first-order valence-corrected chi connectivity index (χ1v) is 8.14. The molecule has 2 nitrogen and oxygen atoms in total. The molecule has 2 aromatic rings. The van der Waals surface area contributed by atoms with Crippen molar-refractivity contribution in [3.63, 3.8) is 0 Å². The van der Waals surface area contributed by atoms with Crippen molar-refractivity contribution in [1.82, 2.24) is 0 Å². The molecule has 0 atom stereocenters. The fraction of sp³-hybridized carbons (Fsp3) is 0.154. The first-order valence-electron chi connectivity index (χ1n) is 5.36. The van der Waals surface area contributed by atoms with Crippen LogP contribution in [0.25, 0.3) is 0 Å². The van der Waals surface area contributed by atoms with Crippen LogP contribution in [0.2, 0.25) is 5.02 Å². The highest BCUT2D eigenvalue weighted by Gasteiger charge is 2.13. The van der Waals surface area contributed by atoms with E-state index < -0.39 is 0 Å². The molecule has 1 aromatic heterocycles. The van der Waals surface area contributed by atoms with Crippen LogP contribution >= 0.6 is 54.8 Å². The number of ketones is 1. The first kappa shape index (κ1) is 15.2. The van der Waals surface area contributed by atoms with Crippen molar-refractivity contribution >= 4 is 60.6 Å². The highest BCUT2D eigenvalue weighted by Crippen LogP contribution is 2.32. The molecule has 100 valence electrons. The smallest absolute Gasteiger partial charge is 0.190 e. The first-order chi connectivity index (χ1) is 9.06. The minimum Gasteiger partial charge on any atom is -0.369 e. The van der Waals surface area contributed by atoms with Crippen LogP contribution in [0.15, 0.2) is 37.9 Å². The van der Waals surface area contributed by atoms with Gasteiger partial charge in [0.25, 0.3) is 0 Å². The van der Waals surface area contributed by atoms with Gasteiger partial charge in [0.1, 0.15) is 6.61 Å². The summed E-state index contributed by atoms with van der Waals surface area (Å²) < 4.78 is 7.15. The van der Waals surface area contributed by atoms with Gasteiger partial charge in [0, 0.05) is 10.6 Å². The molecule has 0 bridgehead atoms. The van der Waals surface area contributed by atoms with Crippen LogP contribution in [0.4, 0.5) is 0 Å². The fourth-order valence-corrected chi connectivity index (χ4v) is 4.43. The minimum atomic E-state index is -0.0391. The molecule has 0 unspecified atom stereocenters. The average molecular weight is 425 g/mol. The van der Waals surface area contributed by atoms with Gasteiger partial charge < -0.3 is 4.74 Å². The van der Waals surface area contributed by atoms with Gasteiger partial charge >= 0.3 is 0 Å². The minimum absolute atomic E-state index is 0.0391. The SMILES string of the molecule is O=C(COCc1ccc(Cl)cc1)c1cc(Br)sc1Br. The lowest BCUT2D eigenvalue weighted by Crippen LogP contribution is -2.08. The topological polar surface area (TPSA) is 26.3 Å². The van der Waals surface area contributed by atoms with Crippen LogP contribution in [0.1, 0.15) is 15.9 Å². The van der Waals surface area contributed by atoms with E-state index in [0.29, 0.717) is 17.2 Å². The fourth-order valence-electron chi connectivity index (χ4n) is 1.45. The molecule has 0 fully saturated rings. The zero-order valence-corrected chi connectivity index (χ0v) is 14.4. The lowest BCUT2D eigenvalue weighted by molar-refractivity contribution is 0.0726. The van der Waals surface area contributed by atoms with E-state index >= 15 is 0 Å². The predicted octanol–water partition coefficient (Wildman–Crippen LogP) is 5.33. The van der Waals surface area contributed by atoms with Crippen LogP contribution in [0, 0.1) is 0 Å². The second-order valence-electron chi connectivity index (χ2n) is 3.78. The molecular formula is C13H9Br2ClO2S. The van der Waals surface area contributed by atoms with Gasteiger partial charge in [-0.2, -0.15) is 0 Å². The van der Waals surface area contributed by atoms with E-state index in [1.807, 2.05) is 12.1 Å². The number of Topliss-reactive ketones (excluding diaryl/α,β-unsaturated/α-hetero) is 1. The number of hydrogen-bond acceptors (Lipinski definition) is 3. The third-order valence-corrected chi connectivity index (χ3v) is 4.96. The number of carbonyl (C=O) groups is 1. The molecule has 19 heavy (non-hydrogen) atoms. The molecule has 0 aliphatic heterocycles. The van der Waals surface area contributed by atoms with Crippen molar-refractivity contribution in [2.24, 2.45) is 0 Å². The summed E-state index contributed by atoms with van der Waals surface area (Å²) in [6.45, 7) is 0.455. The van der Waals surface area contributed by atoms with Crippen molar-refractivity contribution in [2.45, 2.75) is 6.61 Å². The Labute approximate surface area is 137 Å². The molecule has 2 rings (SSSR count). The summed E-state index contributed by atoms with van der Waals surface area (Å²) in [5.41, 5.74) is 1.63. The van der Waals surface area contributed by atoms with E-state index in [0.717, 1.165) is 13.1 Å². The zero-order valence-electron chi connectivity index (χ0n) is 9.66. The van der Waals surface area contributed by atoms with E-state index in [4.69, 9.17) is 16.3 Å². The van der Waals surface area contributed by atoms with Crippen LogP contribution in [0.3, 0.4) is 0 Å². The summed E-state index contributed by atoms with van der Waals surface area (Å²) in [4.78, 5) is 11.9. The third-order valence-electron chi connectivity index (χ3n) is 2.37. The van der Waals surface area contributed by atoms with Crippen LogP contribution < -0.4 is 0 Å². The molecule has 0 N–H and O–H groups in total.